The van der Waals surface area contributed by atoms with Crippen molar-refractivity contribution in [3.05, 3.63) is 42.5 Å². The molecule has 2 aliphatic heterocycles. The number of aromatic amines is 1. The van der Waals surface area contributed by atoms with Crippen LogP contribution < -0.4 is 14.4 Å². The van der Waals surface area contributed by atoms with Gasteiger partial charge in [0.1, 0.15) is 13.2 Å². The number of aromatic nitrogens is 2. The Bertz CT molecular complexity index is 1020. The predicted octanol–water partition coefficient (Wildman–Crippen LogP) is 3.17. The second-order valence-electron chi connectivity index (χ2n) is 7.39. The minimum atomic E-state index is 0.168. The van der Waals surface area contributed by atoms with Gasteiger partial charge in [-0.05, 0) is 36.8 Å². The number of ether oxygens (including phenoxy) is 2. The maximum atomic E-state index is 12.8. The molecule has 0 atom stereocenters. The molecule has 8 heteroatoms. The number of nitrogens with one attached hydrogen (secondary N) is 1. The number of para-hydroxylation sites is 2. The number of benzene rings is 2. The molecule has 0 bridgehead atoms. The number of amides is 1. The van der Waals surface area contributed by atoms with Crippen molar-refractivity contribution >= 4 is 34.7 Å². The molecular weight excluding hydrogens is 400 g/mol. The summed E-state index contributed by atoms with van der Waals surface area (Å²) < 4.78 is 11.2. The number of anilines is 1. The summed E-state index contributed by atoms with van der Waals surface area (Å²) in [7, 11) is 0. The summed E-state index contributed by atoms with van der Waals surface area (Å²) in [6, 6.07) is 13.9. The number of carbonyl (C=O) groups is 1. The van der Waals surface area contributed by atoms with Crippen molar-refractivity contribution in [2.24, 2.45) is 0 Å². The van der Waals surface area contributed by atoms with E-state index in [-0.39, 0.29) is 5.91 Å². The Balaban J connectivity index is 1.18. The van der Waals surface area contributed by atoms with Gasteiger partial charge in [-0.2, -0.15) is 0 Å². The lowest BCUT2D eigenvalue weighted by molar-refractivity contribution is -0.128. The SMILES string of the molecule is O=C(CSc1ccc2c(c1)OCCO2)N1CCCN(c2nc3ccccc3[nH]2)CC1. The van der Waals surface area contributed by atoms with Gasteiger partial charge in [-0.25, -0.2) is 4.98 Å². The van der Waals surface area contributed by atoms with Crippen LogP contribution in [0.25, 0.3) is 11.0 Å². The van der Waals surface area contributed by atoms with E-state index in [2.05, 4.69) is 9.88 Å². The van der Waals surface area contributed by atoms with E-state index < -0.39 is 0 Å². The number of nitrogens with zero attached hydrogens (tertiary/aromatic N) is 3. The van der Waals surface area contributed by atoms with Gasteiger partial charge in [0, 0.05) is 31.1 Å². The average molecular weight is 425 g/mol. The normalized spacial score (nSPS) is 16.5. The second-order valence-corrected chi connectivity index (χ2v) is 8.44. The largest absolute Gasteiger partial charge is 0.486 e. The van der Waals surface area contributed by atoms with Crippen molar-refractivity contribution in [1.29, 1.82) is 0 Å². The van der Waals surface area contributed by atoms with E-state index in [4.69, 9.17) is 14.5 Å². The van der Waals surface area contributed by atoms with Gasteiger partial charge in [-0.3, -0.25) is 4.79 Å². The van der Waals surface area contributed by atoms with Crippen LogP contribution in [0.1, 0.15) is 6.42 Å². The highest BCUT2D eigenvalue weighted by molar-refractivity contribution is 8.00. The molecular formula is C22H24N4O3S. The monoisotopic (exact) mass is 424 g/mol. The highest BCUT2D eigenvalue weighted by Gasteiger charge is 2.21. The summed E-state index contributed by atoms with van der Waals surface area (Å²) in [4.78, 5) is 26.1. The Morgan fingerprint density at radius 1 is 1.03 bits per heavy atom. The zero-order chi connectivity index (χ0) is 20.3. The van der Waals surface area contributed by atoms with Crippen LogP contribution in [0, 0.1) is 0 Å². The van der Waals surface area contributed by atoms with Crippen LogP contribution in [0.15, 0.2) is 47.4 Å². The van der Waals surface area contributed by atoms with Crippen molar-refractivity contribution < 1.29 is 14.3 Å². The first-order valence-electron chi connectivity index (χ1n) is 10.3. The van der Waals surface area contributed by atoms with Gasteiger partial charge < -0.3 is 24.3 Å². The fourth-order valence-electron chi connectivity index (χ4n) is 3.82. The summed E-state index contributed by atoms with van der Waals surface area (Å²) in [6.07, 6.45) is 0.928. The highest BCUT2D eigenvalue weighted by Crippen LogP contribution is 2.34. The van der Waals surface area contributed by atoms with Gasteiger partial charge in [0.15, 0.2) is 11.5 Å². The number of hydrogen-bond acceptors (Lipinski definition) is 6. The van der Waals surface area contributed by atoms with E-state index >= 15 is 0 Å². The highest BCUT2D eigenvalue weighted by atomic mass is 32.2. The zero-order valence-corrected chi connectivity index (χ0v) is 17.5. The Kier molecular flexibility index (Phi) is 5.40. The predicted molar refractivity (Wildman–Crippen MR) is 118 cm³/mol. The van der Waals surface area contributed by atoms with Crippen LogP contribution >= 0.6 is 11.8 Å². The third-order valence-corrected chi connectivity index (χ3v) is 6.38. The van der Waals surface area contributed by atoms with Crippen LogP contribution in [-0.4, -0.2) is 65.9 Å². The van der Waals surface area contributed by atoms with Crippen molar-refractivity contribution in [3.63, 3.8) is 0 Å². The topological polar surface area (TPSA) is 70.7 Å². The lowest BCUT2D eigenvalue weighted by atomic mass is 10.3. The van der Waals surface area contributed by atoms with Gasteiger partial charge in [0.2, 0.25) is 11.9 Å². The van der Waals surface area contributed by atoms with Crippen LogP contribution in [0.4, 0.5) is 5.95 Å². The minimum absolute atomic E-state index is 0.168. The summed E-state index contributed by atoms with van der Waals surface area (Å²) in [6.45, 7) is 4.29. The fourth-order valence-corrected chi connectivity index (χ4v) is 4.64. The first-order chi connectivity index (χ1) is 14.8. The molecule has 156 valence electrons. The molecule has 0 aliphatic carbocycles. The Morgan fingerprint density at radius 2 is 1.90 bits per heavy atom. The maximum absolute atomic E-state index is 12.8. The van der Waals surface area contributed by atoms with E-state index in [1.54, 1.807) is 11.8 Å². The molecule has 0 unspecified atom stereocenters. The van der Waals surface area contributed by atoms with E-state index in [0.717, 1.165) is 59.4 Å². The number of carbonyl (C=O) groups excluding carboxylic acids is 1. The molecule has 1 saturated heterocycles. The van der Waals surface area contributed by atoms with Crippen molar-refractivity contribution in [3.8, 4) is 11.5 Å². The second kappa shape index (κ2) is 8.47. The summed E-state index contributed by atoms with van der Waals surface area (Å²) in [5.74, 6) is 3.01. The maximum Gasteiger partial charge on any atom is 0.232 e. The quantitative estimate of drug-likeness (QED) is 0.649. The fraction of sp³-hybridized carbons (Fsp3) is 0.364. The number of thioether (sulfide) groups is 1. The summed E-state index contributed by atoms with van der Waals surface area (Å²) in [5, 5.41) is 0. The van der Waals surface area contributed by atoms with Gasteiger partial charge in [-0.15, -0.1) is 11.8 Å². The van der Waals surface area contributed by atoms with Crippen LogP contribution in [-0.2, 0) is 4.79 Å². The minimum Gasteiger partial charge on any atom is -0.486 e. The van der Waals surface area contributed by atoms with Gasteiger partial charge in [0.05, 0.1) is 16.8 Å². The zero-order valence-electron chi connectivity index (χ0n) is 16.7. The molecule has 1 amide bonds. The number of H-pyrrole nitrogens is 1. The smallest absolute Gasteiger partial charge is 0.232 e. The van der Waals surface area contributed by atoms with E-state index in [1.807, 2.05) is 47.4 Å². The molecule has 2 aromatic carbocycles. The van der Waals surface area contributed by atoms with E-state index in [9.17, 15) is 4.79 Å². The molecule has 1 N–H and O–H groups in total. The molecule has 5 rings (SSSR count). The number of rotatable bonds is 4. The average Bonchev–Trinajstić information content (AvgIpc) is 3.06. The van der Waals surface area contributed by atoms with Crippen molar-refractivity contribution in [2.75, 3.05) is 50.0 Å². The van der Waals surface area contributed by atoms with Crippen LogP contribution in [0.5, 0.6) is 11.5 Å². The van der Waals surface area contributed by atoms with Crippen molar-refractivity contribution in [2.45, 2.75) is 11.3 Å². The molecule has 0 radical (unpaired) electrons. The van der Waals surface area contributed by atoms with Crippen LogP contribution in [0.3, 0.4) is 0 Å². The molecule has 3 heterocycles. The molecule has 2 aliphatic rings. The van der Waals surface area contributed by atoms with Crippen LogP contribution in [0.2, 0.25) is 0 Å². The summed E-state index contributed by atoms with van der Waals surface area (Å²) >= 11 is 1.54. The van der Waals surface area contributed by atoms with Gasteiger partial charge in [0.25, 0.3) is 0 Å². The van der Waals surface area contributed by atoms with Gasteiger partial charge >= 0.3 is 0 Å². The first kappa shape index (κ1) is 19.1. The molecule has 0 saturated carbocycles. The molecule has 30 heavy (non-hydrogen) atoms. The Hall–Kier alpha value is -2.87. The third-order valence-electron chi connectivity index (χ3n) is 5.40. The lowest BCUT2D eigenvalue weighted by Crippen LogP contribution is -2.36. The van der Waals surface area contributed by atoms with Gasteiger partial charge in [-0.1, -0.05) is 12.1 Å². The molecule has 3 aromatic rings. The number of hydrogen-bond donors (Lipinski definition) is 1. The number of fused-ring (bicyclic) bond motifs is 2. The first-order valence-corrected chi connectivity index (χ1v) is 11.2. The van der Waals surface area contributed by atoms with E-state index in [1.165, 1.54) is 0 Å². The lowest BCUT2D eigenvalue weighted by Gasteiger charge is -2.22. The molecule has 0 spiro atoms. The Morgan fingerprint density at radius 3 is 2.80 bits per heavy atom. The third kappa shape index (κ3) is 4.05. The molecule has 7 nitrogen and oxygen atoms in total. The molecule has 1 aromatic heterocycles. The van der Waals surface area contributed by atoms with E-state index in [0.29, 0.717) is 25.5 Å². The summed E-state index contributed by atoms with van der Waals surface area (Å²) in [5.41, 5.74) is 2.01. The number of imidazole rings is 1. The Labute approximate surface area is 179 Å². The standard InChI is InChI=1S/C22H24N4O3S/c27-21(15-30-16-6-7-19-20(14-16)29-13-12-28-19)25-8-3-9-26(11-10-25)22-23-17-4-1-2-5-18(17)24-22/h1-2,4-7,14H,3,8-13,15H2,(H,23,24). The molecule has 1 fully saturated rings. The van der Waals surface area contributed by atoms with Crippen molar-refractivity contribution in [1.82, 2.24) is 14.9 Å².